The molecule has 0 radical (unpaired) electrons. The van der Waals surface area contributed by atoms with Gasteiger partial charge in [-0.05, 0) is 90.5 Å². The number of aliphatic hydroxyl groups is 1. The number of hydrogen-bond acceptors (Lipinski definition) is 12. The molecule has 4 aliphatic rings. The van der Waals surface area contributed by atoms with Crippen molar-refractivity contribution in [3.05, 3.63) is 48.2 Å². The molecule has 3 saturated heterocycles. The zero-order valence-electron chi connectivity index (χ0n) is 35.5. The smallest absolute Gasteiger partial charge is 0.408 e. The fourth-order valence-electron chi connectivity index (χ4n) is 9.50. The summed E-state index contributed by atoms with van der Waals surface area (Å²) in [7, 11) is 2.01. The van der Waals surface area contributed by atoms with Crippen molar-refractivity contribution in [2.75, 3.05) is 20.2 Å². The lowest BCUT2D eigenvalue weighted by atomic mass is 9.73. The van der Waals surface area contributed by atoms with E-state index >= 15 is 0 Å². The number of ketones is 2. The minimum absolute atomic E-state index is 0.0676. The highest BCUT2D eigenvalue weighted by Gasteiger charge is 2.57. The van der Waals surface area contributed by atoms with Gasteiger partial charge in [-0.25, -0.2) is 4.79 Å². The van der Waals surface area contributed by atoms with E-state index in [1.54, 1.807) is 40.8 Å². The van der Waals surface area contributed by atoms with Gasteiger partial charge in [-0.15, -0.1) is 0 Å². The molecule has 1 unspecified atom stereocenters. The van der Waals surface area contributed by atoms with Crippen molar-refractivity contribution in [2.24, 2.45) is 29.6 Å². The molecule has 1 aromatic heterocycles. The molecule has 1 aromatic carbocycles. The molecule has 1 amide bonds. The van der Waals surface area contributed by atoms with Crippen LogP contribution in [0.25, 0.3) is 17.0 Å². The van der Waals surface area contributed by atoms with Crippen LogP contribution >= 0.6 is 0 Å². The van der Waals surface area contributed by atoms with E-state index in [4.69, 9.17) is 23.7 Å². The molecule has 13 nitrogen and oxygen atoms in total. The van der Waals surface area contributed by atoms with Gasteiger partial charge in [0, 0.05) is 41.9 Å². The van der Waals surface area contributed by atoms with E-state index in [1.807, 2.05) is 63.4 Å². The van der Waals surface area contributed by atoms with E-state index in [9.17, 15) is 24.3 Å². The third-order valence-electron chi connectivity index (χ3n) is 13.0. The summed E-state index contributed by atoms with van der Waals surface area (Å²) in [6, 6.07) is 8.78. The maximum atomic E-state index is 14.6. The van der Waals surface area contributed by atoms with Crippen LogP contribution in [0.2, 0.25) is 0 Å². The van der Waals surface area contributed by atoms with Crippen LogP contribution in [0, 0.1) is 29.6 Å². The molecule has 13 heteroatoms. The number of likely N-dealkylation sites (N-methyl/N-ethyl adjacent to an activating group) is 1. The Labute approximate surface area is 342 Å². The molecule has 2 N–H and O–H groups in total. The van der Waals surface area contributed by atoms with Crippen LogP contribution in [0.15, 0.2) is 42.6 Å². The summed E-state index contributed by atoms with van der Waals surface area (Å²) < 4.78 is 31.7. The molecule has 3 aliphatic heterocycles. The lowest BCUT2D eigenvalue weighted by molar-refractivity contribution is -0.297. The number of rotatable bonds is 10. The normalized spacial score (nSPS) is 38.0. The van der Waals surface area contributed by atoms with Crippen molar-refractivity contribution in [1.29, 1.82) is 0 Å². The number of alkyl carbamates (subject to hydrolysis) is 1. The fourth-order valence-corrected chi connectivity index (χ4v) is 9.50. The third kappa shape index (κ3) is 9.33. The van der Waals surface area contributed by atoms with Gasteiger partial charge in [-0.1, -0.05) is 58.0 Å². The van der Waals surface area contributed by atoms with Gasteiger partial charge in [0.2, 0.25) is 0 Å². The highest BCUT2D eigenvalue weighted by Crippen LogP contribution is 2.41. The molecule has 13 atom stereocenters. The Morgan fingerprint density at radius 3 is 2.47 bits per heavy atom. The number of pyridine rings is 1. The highest BCUT2D eigenvalue weighted by molar-refractivity contribution is 6.00. The van der Waals surface area contributed by atoms with E-state index in [1.165, 1.54) is 6.92 Å². The summed E-state index contributed by atoms with van der Waals surface area (Å²) in [5.74, 6) is -4.48. The molecule has 2 aromatic rings. The van der Waals surface area contributed by atoms with E-state index in [0.717, 1.165) is 35.9 Å². The first-order chi connectivity index (χ1) is 27.4. The van der Waals surface area contributed by atoms with Crippen molar-refractivity contribution in [3.8, 4) is 0 Å². The molecule has 1 aliphatic carbocycles. The van der Waals surface area contributed by atoms with Gasteiger partial charge in [0.15, 0.2) is 17.7 Å². The van der Waals surface area contributed by atoms with Gasteiger partial charge in [0.25, 0.3) is 0 Å². The minimum Gasteiger partial charge on any atom is -0.458 e. The topological polar surface area (TPSA) is 163 Å². The predicted octanol–water partition coefficient (Wildman–Crippen LogP) is 5.89. The Hall–Kier alpha value is -3.75. The summed E-state index contributed by atoms with van der Waals surface area (Å²) in [4.78, 5) is 62.5. The number of aromatic nitrogens is 1. The van der Waals surface area contributed by atoms with E-state index in [2.05, 4.69) is 15.2 Å². The van der Waals surface area contributed by atoms with E-state index in [-0.39, 0.29) is 37.4 Å². The molecule has 4 heterocycles. The summed E-state index contributed by atoms with van der Waals surface area (Å²) in [5.41, 5.74) is -0.989. The number of carbonyl (C=O) groups excluding carboxylic acids is 4. The van der Waals surface area contributed by atoms with Crippen LogP contribution in [0.1, 0.15) is 93.1 Å². The molecule has 58 heavy (non-hydrogen) atoms. The average molecular weight is 806 g/mol. The first-order valence-corrected chi connectivity index (χ1v) is 21.1. The van der Waals surface area contributed by atoms with Crippen LogP contribution in [-0.4, -0.2) is 113 Å². The number of cyclic esters (lactones) is 1. The van der Waals surface area contributed by atoms with Crippen molar-refractivity contribution in [2.45, 2.75) is 141 Å². The second-order valence-electron chi connectivity index (χ2n) is 17.8. The number of para-hydroxylation sites is 1. The Morgan fingerprint density at radius 1 is 1.03 bits per heavy atom. The number of nitrogens with zero attached hydrogens (tertiary/aromatic N) is 2. The molecule has 318 valence electrons. The standard InChI is InChI=1S/C45H63N3O10/c1-10-35-45(8)39(47-43(53)58-45)27(4)36(49)25(2)22-44(7,54-19-13-14-31-21-32-15-11-12-16-33(32)46-23-31)40(28(5)37(50)29(6)41(52)56-35)57-42-38(51)34(20-26(3)55-42)48(9)24-30-17-18-30/h11-16,21,23,25-30,34-35,38-40,42,51H,10,17-20,22,24H2,1-9H3,(H,47,53)/b14-13+/t25-,26-,27-,28+,29-,34+,35+,38-,39-,40-,42?,44+,45-/m1/s1. The molecule has 4 fully saturated rings. The summed E-state index contributed by atoms with van der Waals surface area (Å²) in [6.07, 6.45) is 3.59. The number of amides is 1. The van der Waals surface area contributed by atoms with E-state index in [0.29, 0.717) is 12.3 Å². The van der Waals surface area contributed by atoms with Gasteiger partial charge in [0.05, 0.1) is 36.0 Å². The summed E-state index contributed by atoms with van der Waals surface area (Å²) >= 11 is 0. The number of carbonyl (C=O) groups is 4. The quantitative estimate of drug-likeness (QED) is 0.217. The number of aliphatic hydroxyl groups excluding tert-OH is 1. The molecular formula is C45H63N3O10. The summed E-state index contributed by atoms with van der Waals surface area (Å²) in [6.45, 7) is 14.8. The van der Waals surface area contributed by atoms with Gasteiger partial charge in [-0.3, -0.25) is 19.4 Å². The molecule has 1 saturated carbocycles. The van der Waals surface area contributed by atoms with Gasteiger partial charge < -0.3 is 39.0 Å². The second-order valence-corrected chi connectivity index (χ2v) is 17.8. The van der Waals surface area contributed by atoms with Crippen LogP contribution < -0.4 is 5.32 Å². The average Bonchev–Trinajstić information content (AvgIpc) is 3.96. The predicted molar refractivity (Wildman–Crippen MR) is 217 cm³/mol. The number of ether oxygens (including phenoxy) is 5. The number of hydrogen-bond donors (Lipinski definition) is 2. The zero-order chi connectivity index (χ0) is 42.1. The monoisotopic (exact) mass is 805 g/mol. The maximum absolute atomic E-state index is 14.6. The minimum atomic E-state index is -1.38. The molecular weight excluding hydrogens is 743 g/mol. The molecule has 0 spiro atoms. The SMILES string of the molecule is CC[C@@H]1OC(=O)[C@H](C)C(=O)[C@H](C)[C@@H](OC2O[C@H](C)C[C@H](N(C)CC3CC3)[C@H]2O)[C@@](C)(OC/C=C/c2cnc3ccccc3c2)C[C@@H](C)C(=O)[C@@H](C)[C@H]2NC(=O)O[C@]12C. The van der Waals surface area contributed by atoms with Crippen molar-refractivity contribution in [1.82, 2.24) is 15.2 Å². The Balaban J connectivity index is 1.37. The number of benzene rings is 1. The lowest BCUT2D eigenvalue weighted by Gasteiger charge is -2.47. The summed E-state index contributed by atoms with van der Waals surface area (Å²) in [5, 5.41) is 15.7. The lowest BCUT2D eigenvalue weighted by Crippen LogP contribution is -2.60. The zero-order valence-corrected chi connectivity index (χ0v) is 35.5. The van der Waals surface area contributed by atoms with Gasteiger partial charge in [-0.2, -0.15) is 0 Å². The Kier molecular flexibility index (Phi) is 13.5. The number of Topliss-reactive ketones (excluding diaryl/α,β-unsaturated/α-hetero) is 2. The van der Waals surface area contributed by atoms with Gasteiger partial charge in [0.1, 0.15) is 23.9 Å². The van der Waals surface area contributed by atoms with Gasteiger partial charge >= 0.3 is 12.1 Å². The Bertz CT molecular complexity index is 1850. The largest absolute Gasteiger partial charge is 0.458 e. The van der Waals surface area contributed by atoms with Crippen LogP contribution in [0.5, 0.6) is 0 Å². The third-order valence-corrected chi connectivity index (χ3v) is 13.0. The number of esters is 1. The van der Waals surface area contributed by atoms with Crippen molar-refractivity contribution < 1.29 is 48.0 Å². The first-order valence-electron chi connectivity index (χ1n) is 21.1. The Morgan fingerprint density at radius 2 is 1.76 bits per heavy atom. The van der Waals surface area contributed by atoms with Crippen LogP contribution in [0.3, 0.4) is 0 Å². The second kappa shape index (κ2) is 17.8. The van der Waals surface area contributed by atoms with Crippen molar-refractivity contribution >= 4 is 40.6 Å². The van der Waals surface area contributed by atoms with Crippen LogP contribution in [0.4, 0.5) is 4.79 Å². The molecule has 6 rings (SSSR count). The fraction of sp³-hybridized carbons (Fsp3) is 0.667. The first kappa shape index (κ1) is 43.8. The van der Waals surface area contributed by atoms with Crippen molar-refractivity contribution in [3.63, 3.8) is 0 Å². The number of fused-ring (bicyclic) bond motifs is 2. The van der Waals surface area contributed by atoms with E-state index < -0.39 is 83.4 Å². The number of nitrogens with one attached hydrogen (secondary N) is 1. The highest BCUT2D eigenvalue weighted by atomic mass is 16.7. The molecule has 0 bridgehead atoms. The maximum Gasteiger partial charge on any atom is 0.408 e. The van der Waals surface area contributed by atoms with Crippen LogP contribution in [-0.2, 0) is 38.1 Å².